The fraction of sp³-hybridized carbons (Fsp3) is 0.381. The second-order valence-corrected chi connectivity index (χ2v) is 7.84. The third kappa shape index (κ3) is 4.00. The summed E-state index contributed by atoms with van der Waals surface area (Å²) in [5.74, 6) is 1.23. The Balaban J connectivity index is 2.10. The zero-order chi connectivity index (χ0) is 20.3. The number of nitrogens with one attached hydrogen (secondary N) is 1. The number of fused-ring (bicyclic) bond motifs is 1. The maximum atomic E-state index is 12.1. The van der Waals surface area contributed by atoms with Gasteiger partial charge in [-0.1, -0.05) is 12.1 Å². The van der Waals surface area contributed by atoms with Gasteiger partial charge in [0.15, 0.2) is 5.82 Å². The molecule has 0 aliphatic carbocycles. The summed E-state index contributed by atoms with van der Waals surface area (Å²) in [5.41, 5.74) is 1.48. The summed E-state index contributed by atoms with van der Waals surface area (Å²) in [6.07, 6.45) is 0. The number of aryl methyl sites for hydroxylation is 2. The van der Waals surface area contributed by atoms with Crippen molar-refractivity contribution in [1.82, 2.24) is 9.97 Å². The molecule has 0 aliphatic heterocycles. The van der Waals surface area contributed by atoms with Gasteiger partial charge in [-0.25, -0.2) is 9.78 Å². The number of carbonyl (C=O) groups excluding carboxylic acids is 1. The number of esters is 1. The topological polar surface area (TPSA) is 65.8 Å². The molecule has 1 N–H and O–H groups in total. The lowest BCUT2D eigenvalue weighted by Gasteiger charge is -2.15. The minimum atomic E-state index is -0.438. The van der Waals surface area contributed by atoms with E-state index in [0.29, 0.717) is 17.2 Å². The van der Waals surface area contributed by atoms with Gasteiger partial charge >= 0.3 is 5.97 Å². The van der Waals surface area contributed by atoms with E-state index in [9.17, 15) is 4.79 Å². The lowest BCUT2D eigenvalue weighted by Crippen LogP contribution is -3.10. The highest BCUT2D eigenvalue weighted by Crippen LogP contribution is 2.37. The molecule has 2 heterocycles. The molecule has 1 aromatic carbocycles. The number of quaternary nitrogens is 1. The molecular formula is C21H26N3O3S+. The fourth-order valence-electron chi connectivity index (χ4n) is 3.07. The molecule has 0 amide bonds. The lowest BCUT2D eigenvalue weighted by atomic mass is 10.2. The number of thiophene rings is 1. The summed E-state index contributed by atoms with van der Waals surface area (Å²) in [6, 6.07) is 7.05. The fourth-order valence-corrected chi connectivity index (χ4v) is 4.11. The highest BCUT2D eigenvalue weighted by molar-refractivity contribution is 7.18. The van der Waals surface area contributed by atoms with Crippen LogP contribution in [0.3, 0.4) is 0 Å². The van der Waals surface area contributed by atoms with Crippen molar-refractivity contribution in [3.63, 3.8) is 0 Å². The van der Waals surface area contributed by atoms with Gasteiger partial charge in [-0.05, 0) is 45.4 Å². The number of ether oxygens (including phenoxy) is 2. The van der Waals surface area contributed by atoms with E-state index in [1.54, 1.807) is 29.5 Å². The van der Waals surface area contributed by atoms with Gasteiger partial charge in [-0.3, -0.25) is 0 Å². The Morgan fingerprint density at radius 3 is 2.54 bits per heavy atom. The average Bonchev–Trinajstić information content (AvgIpc) is 2.99. The summed E-state index contributed by atoms with van der Waals surface area (Å²) >= 11 is 1.64. The molecule has 0 fully saturated rings. The van der Waals surface area contributed by atoms with Crippen LogP contribution >= 0.6 is 11.3 Å². The Kier molecular flexibility index (Phi) is 6.26. The first-order chi connectivity index (χ1) is 13.5. The zero-order valence-corrected chi connectivity index (χ0v) is 17.8. The van der Waals surface area contributed by atoms with Crippen LogP contribution in [-0.2, 0) is 11.3 Å². The van der Waals surface area contributed by atoms with Crippen LogP contribution in [0.25, 0.3) is 10.2 Å². The molecule has 7 heteroatoms. The average molecular weight is 401 g/mol. The summed E-state index contributed by atoms with van der Waals surface area (Å²) in [4.78, 5) is 25.1. The van der Waals surface area contributed by atoms with E-state index in [1.165, 1.54) is 16.9 Å². The lowest BCUT2D eigenvalue weighted by molar-refractivity contribution is -0.910. The SMILES string of the molecule is CC[NH+](CC)Cc1nc(Oc2ccccc2C(=O)OC)c2c(C)c(C)sc2n1. The second-order valence-electron chi connectivity index (χ2n) is 6.63. The molecule has 148 valence electrons. The second kappa shape index (κ2) is 8.67. The highest BCUT2D eigenvalue weighted by atomic mass is 32.1. The van der Waals surface area contributed by atoms with Gasteiger partial charge in [0.1, 0.15) is 22.7 Å². The van der Waals surface area contributed by atoms with Crippen molar-refractivity contribution >= 4 is 27.5 Å². The Labute approximate surface area is 169 Å². The first-order valence-electron chi connectivity index (χ1n) is 9.43. The molecule has 3 aromatic rings. The number of para-hydroxylation sites is 1. The monoisotopic (exact) mass is 400 g/mol. The third-order valence-corrected chi connectivity index (χ3v) is 6.05. The first-order valence-corrected chi connectivity index (χ1v) is 10.2. The summed E-state index contributed by atoms with van der Waals surface area (Å²) in [5, 5.41) is 0.903. The van der Waals surface area contributed by atoms with Crippen molar-refractivity contribution in [3.05, 3.63) is 46.1 Å². The standard InChI is InChI=1S/C21H25N3O3S/c1-6-24(7-2)12-17-22-19(18-13(3)14(4)28-20(18)23-17)27-16-11-9-8-10-15(16)21(25)26-5/h8-11H,6-7,12H2,1-5H3/p+1. The van der Waals surface area contributed by atoms with Crippen molar-refractivity contribution in [3.8, 4) is 11.6 Å². The minimum Gasteiger partial charge on any atom is -0.465 e. The summed E-state index contributed by atoms with van der Waals surface area (Å²) in [6.45, 7) is 11.2. The van der Waals surface area contributed by atoms with Crippen molar-refractivity contribution < 1.29 is 19.2 Å². The highest BCUT2D eigenvalue weighted by Gasteiger charge is 2.20. The number of rotatable bonds is 7. The number of hydrogen-bond acceptors (Lipinski definition) is 6. The predicted molar refractivity (Wildman–Crippen MR) is 110 cm³/mol. The predicted octanol–water partition coefficient (Wildman–Crippen LogP) is 3.31. The van der Waals surface area contributed by atoms with Crippen LogP contribution in [0.15, 0.2) is 24.3 Å². The molecule has 0 bridgehead atoms. The van der Waals surface area contributed by atoms with Crippen LogP contribution in [0, 0.1) is 13.8 Å². The van der Waals surface area contributed by atoms with E-state index in [1.807, 2.05) is 13.0 Å². The molecule has 2 aromatic heterocycles. The van der Waals surface area contributed by atoms with Gasteiger partial charge in [0.05, 0.1) is 25.6 Å². The van der Waals surface area contributed by atoms with Crippen molar-refractivity contribution in [2.45, 2.75) is 34.2 Å². The molecule has 0 saturated carbocycles. The molecule has 28 heavy (non-hydrogen) atoms. The summed E-state index contributed by atoms with van der Waals surface area (Å²) < 4.78 is 11.1. The Morgan fingerprint density at radius 1 is 1.14 bits per heavy atom. The van der Waals surface area contributed by atoms with Gasteiger partial charge < -0.3 is 14.4 Å². The van der Waals surface area contributed by atoms with Crippen LogP contribution in [0.4, 0.5) is 0 Å². The van der Waals surface area contributed by atoms with Gasteiger partial charge in [-0.2, -0.15) is 4.98 Å². The smallest absolute Gasteiger partial charge is 0.341 e. The Bertz CT molecular complexity index is 996. The van der Waals surface area contributed by atoms with E-state index in [2.05, 4.69) is 20.8 Å². The molecule has 6 nitrogen and oxygen atoms in total. The van der Waals surface area contributed by atoms with Crippen LogP contribution in [0.1, 0.15) is 40.5 Å². The molecular weight excluding hydrogens is 374 g/mol. The molecule has 0 atom stereocenters. The van der Waals surface area contributed by atoms with Crippen LogP contribution in [0.5, 0.6) is 11.6 Å². The van der Waals surface area contributed by atoms with E-state index >= 15 is 0 Å². The molecule has 0 radical (unpaired) electrons. The van der Waals surface area contributed by atoms with E-state index in [4.69, 9.17) is 19.4 Å². The first kappa shape index (κ1) is 20.2. The molecule has 0 saturated heterocycles. The third-order valence-electron chi connectivity index (χ3n) is 4.95. The Morgan fingerprint density at radius 2 is 1.86 bits per heavy atom. The minimum absolute atomic E-state index is 0.372. The van der Waals surface area contributed by atoms with E-state index in [-0.39, 0.29) is 0 Å². The van der Waals surface area contributed by atoms with Crippen molar-refractivity contribution in [2.75, 3.05) is 20.2 Å². The van der Waals surface area contributed by atoms with Crippen LogP contribution < -0.4 is 9.64 Å². The van der Waals surface area contributed by atoms with Crippen molar-refractivity contribution in [1.29, 1.82) is 0 Å². The van der Waals surface area contributed by atoms with Gasteiger partial charge in [0, 0.05) is 4.88 Å². The van der Waals surface area contributed by atoms with E-state index in [0.717, 1.165) is 41.2 Å². The maximum absolute atomic E-state index is 12.1. The quantitative estimate of drug-likeness (QED) is 0.617. The number of carbonyl (C=O) groups is 1. The number of benzene rings is 1. The number of hydrogen-bond donors (Lipinski definition) is 1. The van der Waals surface area contributed by atoms with Crippen molar-refractivity contribution in [2.24, 2.45) is 0 Å². The summed E-state index contributed by atoms with van der Waals surface area (Å²) in [7, 11) is 1.36. The van der Waals surface area contributed by atoms with Gasteiger partial charge in [0.25, 0.3) is 0 Å². The number of nitrogens with zero attached hydrogens (tertiary/aromatic N) is 2. The number of methoxy groups -OCH3 is 1. The van der Waals surface area contributed by atoms with Gasteiger partial charge in [-0.15, -0.1) is 11.3 Å². The van der Waals surface area contributed by atoms with Crippen LogP contribution in [0.2, 0.25) is 0 Å². The van der Waals surface area contributed by atoms with Crippen LogP contribution in [-0.4, -0.2) is 36.1 Å². The largest absolute Gasteiger partial charge is 0.465 e. The van der Waals surface area contributed by atoms with E-state index < -0.39 is 5.97 Å². The Hall–Kier alpha value is -2.51. The molecule has 3 rings (SSSR count). The number of aromatic nitrogens is 2. The van der Waals surface area contributed by atoms with Gasteiger partial charge in [0.2, 0.25) is 5.88 Å². The molecule has 0 aliphatic rings. The molecule has 0 spiro atoms. The zero-order valence-electron chi connectivity index (χ0n) is 17.0. The normalized spacial score (nSPS) is 11.2. The molecule has 0 unspecified atom stereocenters. The maximum Gasteiger partial charge on any atom is 0.341 e.